The van der Waals surface area contributed by atoms with Crippen LogP contribution in [0.2, 0.25) is 0 Å². The van der Waals surface area contributed by atoms with Gasteiger partial charge >= 0.3 is 5.97 Å². The number of aromatic amines is 1. The van der Waals surface area contributed by atoms with Crippen molar-refractivity contribution < 1.29 is 19.5 Å². The van der Waals surface area contributed by atoms with Crippen molar-refractivity contribution in [3.63, 3.8) is 0 Å². The lowest BCUT2D eigenvalue weighted by Crippen LogP contribution is -2.71. The van der Waals surface area contributed by atoms with Crippen LogP contribution >= 0.6 is 23.5 Å². The molecule has 2 unspecified atom stereocenters. The summed E-state index contributed by atoms with van der Waals surface area (Å²) in [7, 11) is 0. The van der Waals surface area contributed by atoms with Gasteiger partial charge in [-0.1, -0.05) is 42.1 Å². The number of carbonyl (C=O) groups is 3. The number of H-pyrrole nitrogens is 1. The van der Waals surface area contributed by atoms with Crippen LogP contribution in [0.1, 0.15) is 18.5 Å². The second-order valence-electron chi connectivity index (χ2n) is 6.92. The fraction of sp³-hybridized carbons (Fsp3) is 0.333. The molecular weight excluding hydrogens is 442 g/mol. The normalized spacial score (nSPS) is 22.4. The number of amides is 2. The van der Waals surface area contributed by atoms with E-state index in [-0.39, 0.29) is 10.9 Å². The zero-order chi connectivity index (χ0) is 22.1. The van der Waals surface area contributed by atoms with Crippen molar-refractivity contribution in [2.24, 2.45) is 5.73 Å². The van der Waals surface area contributed by atoms with Crippen LogP contribution in [0.4, 0.5) is 0 Å². The second kappa shape index (κ2) is 8.69. The van der Waals surface area contributed by atoms with E-state index in [1.54, 1.807) is 24.3 Å². The lowest BCUT2D eigenvalue weighted by atomic mass is 10.0. The molecular formula is C18H19N7O4S2. The Labute approximate surface area is 185 Å². The topological polar surface area (TPSA) is 167 Å². The molecule has 4 rings (SSSR count). The van der Waals surface area contributed by atoms with E-state index in [4.69, 9.17) is 5.73 Å². The summed E-state index contributed by atoms with van der Waals surface area (Å²) in [6.45, 7) is 1.82. The maximum atomic E-state index is 12.8. The van der Waals surface area contributed by atoms with Crippen LogP contribution < -0.4 is 11.1 Å². The Morgan fingerprint density at radius 1 is 1.39 bits per heavy atom. The third kappa shape index (κ3) is 4.03. The first-order valence-corrected chi connectivity index (χ1v) is 11.2. The Hall–Kier alpha value is -2.90. The van der Waals surface area contributed by atoms with Gasteiger partial charge in [0.25, 0.3) is 5.91 Å². The second-order valence-corrected chi connectivity index (χ2v) is 9.33. The number of rotatable bonds is 7. The Morgan fingerprint density at radius 3 is 2.77 bits per heavy atom. The highest BCUT2D eigenvalue weighted by Gasteiger charge is 2.54. The van der Waals surface area contributed by atoms with Gasteiger partial charge in [0, 0.05) is 11.0 Å². The van der Waals surface area contributed by atoms with Crippen molar-refractivity contribution in [2.45, 2.75) is 34.8 Å². The molecule has 31 heavy (non-hydrogen) atoms. The van der Waals surface area contributed by atoms with Crippen LogP contribution in [0.15, 0.2) is 46.8 Å². The van der Waals surface area contributed by atoms with Gasteiger partial charge in [-0.15, -0.1) is 22.0 Å². The Morgan fingerprint density at radius 2 is 2.13 bits per heavy atom. The summed E-state index contributed by atoms with van der Waals surface area (Å²) in [5.41, 5.74) is 7.16. The van der Waals surface area contributed by atoms with E-state index in [0.717, 1.165) is 0 Å². The molecule has 11 nitrogen and oxygen atoms in total. The van der Waals surface area contributed by atoms with Gasteiger partial charge in [0.1, 0.15) is 23.2 Å². The molecule has 3 heterocycles. The fourth-order valence-corrected chi connectivity index (χ4v) is 5.85. The number of nitrogens with zero attached hydrogens (tertiary/aromatic N) is 4. The van der Waals surface area contributed by atoms with Crippen molar-refractivity contribution in [3.05, 3.63) is 47.2 Å². The standard InChI is InChI=1S/C18H19N7O4S2/c1-8(31-18-21-23-24-22-18)10-7-30-16-12(15(27)25(16)13(10)17(28)29)20-14(26)11(19)9-5-3-2-4-6-9/h2-6,8,11-12,16H,7,19H2,1H3,(H,20,26)(H,28,29)(H,21,22,23,24)/t8?,11-,12?,16-/m1/s1. The number of carbonyl (C=O) groups excluding carboxylic acids is 2. The van der Waals surface area contributed by atoms with Gasteiger partial charge in [0.15, 0.2) is 0 Å². The van der Waals surface area contributed by atoms with Crippen molar-refractivity contribution in [1.82, 2.24) is 30.8 Å². The number of nitrogens with one attached hydrogen (secondary N) is 2. The monoisotopic (exact) mass is 461 g/mol. The predicted octanol–water partition coefficient (Wildman–Crippen LogP) is 0.119. The summed E-state index contributed by atoms with van der Waals surface area (Å²) in [6.07, 6.45) is 0. The molecule has 2 aromatic rings. The number of tetrazole rings is 1. The van der Waals surface area contributed by atoms with Crippen molar-refractivity contribution in [2.75, 3.05) is 5.75 Å². The van der Waals surface area contributed by atoms with Crippen LogP contribution in [0.25, 0.3) is 0 Å². The summed E-state index contributed by atoms with van der Waals surface area (Å²) >= 11 is 2.64. The quantitative estimate of drug-likeness (QED) is 0.328. The molecule has 1 fully saturated rings. The highest BCUT2D eigenvalue weighted by molar-refractivity contribution is 8.01. The Kier molecular flexibility index (Phi) is 5.98. The number of hydrogen-bond acceptors (Lipinski definition) is 9. The maximum Gasteiger partial charge on any atom is 0.352 e. The molecule has 1 aromatic heterocycles. The van der Waals surface area contributed by atoms with Gasteiger partial charge in [0.05, 0.1) is 0 Å². The molecule has 0 aliphatic carbocycles. The smallest absolute Gasteiger partial charge is 0.352 e. The van der Waals surface area contributed by atoms with Crippen LogP contribution in [0.3, 0.4) is 0 Å². The number of carboxylic acids is 1. The summed E-state index contributed by atoms with van der Waals surface area (Å²) in [4.78, 5) is 38.6. The van der Waals surface area contributed by atoms with E-state index in [9.17, 15) is 19.5 Å². The van der Waals surface area contributed by atoms with Crippen LogP contribution in [-0.2, 0) is 14.4 Å². The van der Waals surface area contributed by atoms with E-state index in [2.05, 4.69) is 25.9 Å². The highest BCUT2D eigenvalue weighted by Crippen LogP contribution is 2.43. The number of hydrogen-bond donors (Lipinski definition) is 4. The lowest BCUT2D eigenvalue weighted by molar-refractivity contribution is -0.150. The number of aliphatic carboxylic acids is 1. The molecule has 162 valence electrons. The van der Waals surface area contributed by atoms with Gasteiger partial charge in [-0.2, -0.15) is 5.21 Å². The van der Waals surface area contributed by atoms with Crippen LogP contribution in [-0.4, -0.2) is 70.8 Å². The van der Waals surface area contributed by atoms with E-state index in [1.807, 2.05) is 13.0 Å². The van der Waals surface area contributed by atoms with Crippen molar-refractivity contribution >= 4 is 41.3 Å². The minimum absolute atomic E-state index is 0.0601. The number of nitrogens with two attached hydrogens (primary N) is 1. The minimum atomic E-state index is -1.19. The molecule has 0 spiro atoms. The molecule has 2 amide bonds. The van der Waals surface area contributed by atoms with Crippen molar-refractivity contribution in [1.29, 1.82) is 0 Å². The number of benzene rings is 1. The van der Waals surface area contributed by atoms with Gasteiger partial charge < -0.3 is 16.2 Å². The largest absolute Gasteiger partial charge is 0.477 e. The highest BCUT2D eigenvalue weighted by atomic mass is 32.2. The molecule has 13 heteroatoms. The zero-order valence-corrected chi connectivity index (χ0v) is 17.9. The molecule has 0 radical (unpaired) electrons. The summed E-state index contributed by atoms with van der Waals surface area (Å²) in [5, 5.41) is 25.6. The number of aromatic nitrogens is 4. The average molecular weight is 462 g/mol. The number of fused-ring (bicyclic) bond motifs is 1. The third-order valence-electron chi connectivity index (χ3n) is 5.04. The molecule has 0 bridgehead atoms. The first-order chi connectivity index (χ1) is 14.9. The van der Waals surface area contributed by atoms with Gasteiger partial charge in [-0.25, -0.2) is 4.79 Å². The Bertz CT molecular complexity index is 1030. The molecule has 1 aromatic carbocycles. The zero-order valence-electron chi connectivity index (χ0n) is 16.3. The fourth-order valence-electron chi connectivity index (χ4n) is 3.44. The summed E-state index contributed by atoms with van der Waals surface area (Å²) in [6, 6.07) is 7.07. The lowest BCUT2D eigenvalue weighted by Gasteiger charge is -2.50. The van der Waals surface area contributed by atoms with Crippen LogP contribution in [0.5, 0.6) is 0 Å². The van der Waals surface area contributed by atoms with E-state index in [0.29, 0.717) is 22.0 Å². The van der Waals surface area contributed by atoms with Gasteiger partial charge in [0.2, 0.25) is 11.1 Å². The Balaban J connectivity index is 1.49. The number of β-lactam (4-membered cyclic amide) rings is 1. The predicted molar refractivity (Wildman–Crippen MR) is 113 cm³/mol. The molecule has 1 saturated heterocycles. The molecule has 4 atom stereocenters. The first kappa shape index (κ1) is 21.3. The molecule has 2 aliphatic rings. The summed E-state index contributed by atoms with van der Waals surface area (Å²) in [5.74, 6) is -1.77. The molecule has 5 N–H and O–H groups in total. The van der Waals surface area contributed by atoms with Gasteiger partial charge in [-0.3, -0.25) is 14.5 Å². The molecule has 2 aliphatic heterocycles. The maximum absolute atomic E-state index is 12.8. The van der Waals surface area contributed by atoms with Crippen molar-refractivity contribution in [3.8, 4) is 0 Å². The minimum Gasteiger partial charge on any atom is -0.477 e. The van der Waals surface area contributed by atoms with E-state index in [1.165, 1.54) is 28.4 Å². The summed E-state index contributed by atoms with van der Waals surface area (Å²) < 4.78 is 0. The number of thioether (sulfide) groups is 2. The van der Waals surface area contributed by atoms with E-state index >= 15 is 0 Å². The van der Waals surface area contributed by atoms with Gasteiger partial charge in [-0.05, 0) is 23.3 Å². The first-order valence-electron chi connectivity index (χ1n) is 9.30. The third-order valence-corrected chi connectivity index (χ3v) is 7.36. The number of carboxylic acid groups (broad SMARTS) is 1. The van der Waals surface area contributed by atoms with Crippen LogP contribution in [0, 0.1) is 0 Å². The van der Waals surface area contributed by atoms with E-state index < -0.39 is 35.2 Å². The average Bonchev–Trinajstić information content (AvgIpc) is 3.29. The molecule has 0 saturated carbocycles. The SMILES string of the molecule is CC(Sc1nn[nH]n1)C1=C(C(=O)O)N2C(=O)C(NC(=O)[C@H](N)c3ccccc3)[C@H]2SC1.